The molecule has 1 aliphatic heterocycles. The summed E-state index contributed by atoms with van der Waals surface area (Å²) in [6.45, 7) is 3.16. The van der Waals surface area contributed by atoms with E-state index >= 15 is 0 Å². The maximum Gasteiger partial charge on any atom is 0.417 e. The zero-order chi connectivity index (χ0) is 45.5. The first-order chi connectivity index (χ1) is 28.0. The van der Waals surface area contributed by atoms with Gasteiger partial charge >= 0.3 is 37.1 Å². The first-order valence-electron chi connectivity index (χ1n) is 18.1. The molecule has 0 aliphatic carbocycles. The number of aromatic nitrogens is 2. The molecule has 61 heavy (non-hydrogen) atoms. The normalized spacial score (nSPS) is 16.2. The zero-order valence-electron chi connectivity index (χ0n) is 31.3. The lowest BCUT2D eigenvalue weighted by Gasteiger charge is -2.30. The molecule has 0 unspecified atom stereocenters. The fraction of sp³-hybridized carbons (Fsp3) is 0.436. The second-order valence-electron chi connectivity index (χ2n) is 14.3. The quantitative estimate of drug-likeness (QED) is 0.140. The van der Waals surface area contributed by atoms with Gasteiger partial charge in [0.05, 0.1) is 44.8 Å². The van der Waals surface area contributed by atoms with E-state index in [1.807, 2.05) is 16.7 Å². The predicted molar refractivity (Wildman–Crippen MR) is 183 cm³/mol. The number of likely N-dealkylation sites (tertiary alicyclic amines) is 1. The molecule has 0 saturated carbocycles. The summed E-state index contributed by atoms with van der Waals surface area (Å²) in [5.74, 6) is 0. The van der Waals surface area contributed by atoms with Crippen molar-refractivity contribution in [1.82, 2.24) is 19.8 Å². The van der Waals surface area contributed by atoms with Crippen molar-refractivity contribution in [2.75, 3.05) is 19.6 Å². The van der Waals surface area contributed by atoms with E-state index in [-0.39, 0.29) is 30.5 Å². The number of alkyl halides is 18. The van der Waals surface area contributed by atoms with Gasteiger partial charge in [0.1, 0.15) is 0 Å². The minimum absolute atomic E-state index is 0.0268. The second kappa shape index (κ2) is 17.3. The molecular weight excluding hydrogens is 866 g/mol. The Morgan fingerprint density at radius 2 is 0.984 bits per heavy atom. The Morgan fingerprint density at radius 3 is 1.33 bits per heavy atom. The summed E-state index contributed by atoms with van der Waals surface area (Å²) in [5.41, 5.74) is -17.0. The van der Waals surface area contributed by atoms with E-state index < -0.39 is 117 Å². The standard InChI is InChI=1S/C39H32F18N4/c1-2-3-10-60(18-25-8-6-21(16-58-25)32-28(36(46,47)48)12-23(34(40,41)42)13-29(32)37(49,50)51)20-27-5-4-11-61(27)19-26-9-7-22(17-59-26)33-30(38(52,53)54)14-24(35(43,44)45)15-31(33)39(55,56)57/h6-9,12-17,27H,2-5,10-11,18-20H2,1H3/t27-/m1/s1. The fourth-order valence-electron chi connectivity index (χ4n) is 7.12. The molecule has 1 saturated heterocycles. The third kappa shape index (κ3) is 11.5. The van der Waals surface area contributed by atoms with Crippen LogP contribution in [0.3, 0.4) is 0 Å². The Labute approximate surface area is 335 Å². The summed E-state index contributed by atoms with van der Waals surface area (Å²) in [4.78, 5) is 11.9. The van der Waals surface area contributed by atoms with Gasteiger partial charge in [0.25, 0.3) is 0 Å². The van der Waals surface area contributed by atoms with Gasteiger partial charge in [0.2, 0.25) is 0 Å². The van der Waals surface area contributed by atoms with Crippen LogP contribution in [0.15, 0.2) is 60.9 Å². The fourth-order valence-corrected chi connectivity index (χ4v) is 7.12. The van der Waals surface area contributed by atoms with Gasteiger partial charge in [-0.1, -0.05) is 25.5 Å². The molecule has 0 amide bonds. The first-order valence-corrected chi connectivity index (χ1v) is 18.1. The van der Waals surface area contributed by atoms with Crippen molar-refractivity contribution < 1.29 is 79.0 Å². The van der Waals surface area contributed by atoms with E-state index in [1.54, 1.807) is 0 Å². The molecule has 2 aromatic heterocycles. The number of nitrogens with zero attached hydrogens (tertiary/aromatic N) is 4. The summed E-state index contributed by atoms with van der Waals surface area (Å²) < 4.78 is 248. The van der Waals surface area contributed by atoms with Crippen molar-refractivity contribution in [3.8, 4) is 22.3 Å². The maximum absolute atomic E-state index is 14.0. The van der Waals surface area contributed by atoms with Gasteiger partial charge in [-0.2, -0.15) is 79.0 Å². The Balaban J connectivity index is 1.38. The average molecular weight is 899 g/mol. The average Bonchev–Trinajstić information content (AvgIpc) is 3.57. The molecular formula is C39H32F18N4. The highest BCUT2D eigenvalue weighted by Crippen LogP contribution is 2.49. The third-order valence-electron chi connectivity index (χ3n) is 9.93. The SMILES string of the molecule is CCCCN(Cc1ccc(-c2c(C(F)(F)F)cc(C(F)(F)F)cc2C(F)(F)F)cn1)C[C@H]1CCCN1Cc1ccc(-c2c(C(F)(F)F)cc(C(F)(F)F)cc2C(F)(F)F)cn1. The van der Waals surface area contributed by atoms with Crippen LogP contribution in [0.4, 0.5) is 79.0 Å². The van der Waals surface area contributed by atoms with Gasteiger partial charge < -0.3 is 0 Å². The van der Waals surface area contributed by atoms with E-state index in [1.165, 1.54) is 0 Å². The number of hydrogen-bond acceptors (Lipinski definition) is 4. The van der Waals surface area contributed by atoms with E-state index in [0.717, 1.165) is 24.3 Å². The van der Waals surface area contributed by atoms with Gasteiger partial charge in [-0.3, -0.25) is 19.8 Å². The van der Waals surface area contributed by atoms with Gasteiger partial charge in [0.15, 0.2) is 0 Å². The minimum Gasteiger partial charge on any atom is -0.296 e. The molecule has 0 spiro atoms. The number of hydrogen-bond donors (Lipinski definition) is 0. The number of halogens is 18. The van der Waals surface area contributed by atoms with Crippen molar-refractivity contribution in [3.05, 3.63) is 106 Å². The lowest BCUT2D eigenvalue weighted by molar-refractivity contribution is -0.150. The summed E-state index contributed by atoms with van der Waals surface area (Å²) in [6, 6.07) is 2.26. The summed E-state index contributed by atoms with van der Waals surface area (Å²) in [7, 11) is 0. The molecule has 22 heteroatoms. The van der Waals surface area contributed by atoms with Crippen LogP contribution in [-0.2, 0) is 50.1 Å². The Bertz CT molecular complexity index is 2060. The van der Waals surface area contributed by atoms with Gasteiger partial charge in [0, 0.05) is 60.3 Å². The summed E-state index contributed by atoms with van der Waals surface area (Å²) >= 11 is 0. The largest absolute Gasteiger partial charge is 0.417 e. The van der Waals surface area contributed by atoms with E-state index in [2.05, 4.69) is 9.97 Å². The Kier molecular flexibility index (Phi) is 13.4. The van der Waals surface area contributed by atoms with E-state index in [0.29, 0.717) is 57.7 Å². The van der Waals surface area contributed by atoms with Crippen LogP contribution >= 0.6 is 0 Å². The molecule has 4 aromatic rings. The lowest BCUT2D eigenvalue weighted by atomic mass is 9.91. The lowest BCUT2D eigenvalue weighted by Crippen LogP contribution is -2.40. The van der Waals surface area contributed by atoms with Crippen molar-refractivity contribution in [2.24, 2.45) is 0 Å². The molecule has 2 aromatic carbocycles. The molecule has 0 bridgehead atoms. The monoisotopic (exact) mass is 898 g/mol. The molecule has 3 heterocycles. The Morgan fingerprint density at radius 1 is 0.574 bits per heavy atom. The molecule has 4 nitrogen and oxygen atoms in total. The first kappa shape index (κ1) is 47.4. The number of unbranched alkanes of at least 4 members (excludes halogenated alkanes) is 1. The summed E-state index contributed by atoms with van der Waals surface area (Å²) in [6.07, 6.45) is -29.5. The van der Waals surface area contributed by atoms with Crippen molar-refractivity contribution >= 4 is 0 Å². The number of benzene rings is 2. The van der Waals surface area contributed by atoms with E-state index in [9.17, 15) is 79.0 Å². The van der Waals surface area contributed by atoms with Crippen LogP contribution in [0.25, 0.3) is 22.3 Å². The number of pyridine rings is 2. The van der Waals surface area contributed by atoms with Crippen LogP contribution in [0.5, 0.6) is 0 Å². The van der Waals surface area contributed by atoms with Crippen molar-refractivity contribution in [1.29, 1.82) is 0 Å². The molecule has 0 radical (unpaired) electrons. The topological polar surface area (TPSA) is 32.3 Å². The number of rotatable bonds is 11. The van der Waals surface area contributed by atoms with Crippen LogP contribution in [0.2, 0.25) is 0 Å². The van der Waals surface area contributed by atoms with Crippen LogP contribution in [0, 0.1) is 0 Å². The molecule has 5 rings (SSSR count). The molecule has 1 aliphatic rings. The third-order valence-corrected chi connectivity index (χ3v) is 9.93. The van der Waals surface area contributed by atoms with E-state index in [4.69, 9.17) is 0 Å². The highest BCUT2D eigenvalue weighted by molar-refractivity contribution is 5.74. The molecule has 334 valence electrons. The summed E-state index contributed by atoms with van der Waals surface area (Å²) in [5, 5.41) is 0. The van der Waals surface area contributed by atoms with Crippen LogP contribution < -0.4 is 0 Å². The minimum atomic E-state index is -5.61. The zero-order valence-corrected chi connectivity index (χ0v) is 31.3. The smallest absolute Gasteiger partial charge is 0.296 e. The van der Waals surface area contributed by atoms with Gasteiger partial charge in [-0.15, -0.1) is 0 Å². The molecule has 1 atom stereocenters. The van der Waals surface area contributed by atoms with Crippen LogP contribution in [-0.4, -0.2) is 45.4 Å². The highest BCUT2D eigenvalue weighted by atomic mass is 19.4. The van der Waals surface area contributed by atoms with Crippen molar-refractivity contribution in [2.45, 2.75) is 88.8 Å². The van der Waals surface area contributed by atoms with Gasteiger partial charge in [-0.05, 0) is 68.8 Å². The molecule has 0 N–H and O–H groups in total. The maximum atomic E-state index is 14.0. The van der Waals surface area contributed by atoms with Crippen LogP contribution in [0.1, 0.15) is 77.4 Å². The van der Waals surface area contributed by atoms with Crippen molar-refractivity contribution in [3.63, 3.8) is 0 Å². The molecule has 1 fully saturated rings. The Hall–Kier alpha value is -4.60. The second-order valence-corrected chi connectivity index (χ2v) is 14.3. The predicted octanol–water partition coefficient (Wildman–Crippen LogP) is 13.2. The van der Waals surface area contributed by atoms with Gasteiger partial charge in [-0.25, -0.2) is 0 Å². The highest BCUT2D eigenvalue weighted by Gasteiger charge is 2.47.